The predicted molar refractivity (Wildman–Crippen MR) is 53.0 cm³/mol. The molecule has 86 valence electrons. The van der Waals surface area contributed by atoms with E-state index in [0.717, 1.165) is 23.1 Å². The van der Waals surface area contributed by atoms with Gasteiger partial charge < -0.3 is 10.5 Å². The molecular weight excluding hydrogens is 218 g/mol. The monoisotopic (exact) mass is 228 g/mol. The van der Waals surface area contributed by atoms with E-state index < -0.39 is 23.8 Å². The lowest BCUT2D eigenvalue weighted by Gasteiger charge is -2.12. The lowest BCUT2D eigenvalue weighted by molar-refractivity contribution is 0.145. The van der Waals surface area contributed by atoms with E-state index in [1.165, 1.54) is 0 Å². The second-order valence-electron chi connectivity index (χ2n) is 3.48. The normalized spacial score (nSPS) is 20.1. The number of nitrogens with zero attached hydrogens (tertiary/aromatic N) is 1. The zero-order valence-corrected chi connectivity index (χ0v) is 8.32. The highest BCUT2D eigenvalue weighted by molar-refractivity contribution is 5.89. The summed E-state index contributed by atoms with van der Waals surface area (Å²) >= 11 is 0. The summed E-state index contributed by atoms with van der Waals surface area (Å²) in [7, 11) is 0. The van der Waals surface area contributed by atoms with Gasteiger partial charge in [0.15, 0.2) is 0 Å². The molecule has 1 fully saturated rings. The van der Waals surface area contributed by atoms with Gasteiger partial charge in [-0.1, -0.05) is 0 Å². The molecule has 1 aromatic carbocycles. The molecule has 1 aliphatic rings. The maximum Gasteiger partial charge on any atom is 0.414 e. The van der Waals surface area contributed by atoms with Crippen LogP contribution in [0.4, 0.5) is 19.3 Å². The molecule has 1 heterocycles. The number of hydrogen-bond donors (Lipinski definition) is 1. The van der Waals surface area contributed by atoms with Gasteiger partial charge in [0, 0.05) is 12.6 Å². The van der Waals surface area contributed by atoms with E-state index in [0.29, 0.717) is 0 Å². The molecule has 0 spiro atoms. The number of rotatable bonds is 2. The summed E-state index contributed by atoms with van der Waals surface area (Å²) in [6.45, 7) is 0.387. The summed E-state index contributed by atoms with van der Waals surface area (Å²) in [4.78, 5) is 12.5. The number of hydrogen-bond acceptors (Lipinski definition) is 3. The molecule has 0 bridgehead atoms. The van der Waals surface area contributed by atoms with Gasteiger partial charge in [0.05, 0.1) is 12.2 Å². The largest absolute Gasteiger partial charge is 0.443 e. The van der Waals surface area contributed by atoms with Gasteiger partial charge in [0.2, 0.25) is 0 Å². The van der Waals surface area contributed by atoms with E-state index in [-0.39, 0.29) is 18.8 Å². The SMILES string of the molecule is NCC1CN(c2cc(F)cc(F)c2)C(=O)O1. The Balaban J connectivity index is 2.27. The maximum atomic E-state index is 12.9. The molecule has 0 aliphatic carbocycles. The van der Waals surface area contributed by atoms with E-state index >= 15 is 0 Å². The Morgan fingerprint density at radius 1 is 1.38 bits per heavy atom. The molecule has 1 amide bonds. The third-order valence-electron chi connectivity index (χ3n) is 2.30. The van der Waals surface area contributed by atoms with Crippen molar-refractivity contribution in [1.82, 2.24) is 0 Å². The van der Waals surface area contributed by atoms with E-state index in [4.69, 9.17) is 10.5 Å². The molecule has 1 aliphatic heterocycles. The van der Waals surface area contributed by atoms with Gasteiger partial charge in [-0.15, -0.1) is 0 Å². The molecule has 1 unspecified atom stereocenters. The van der Waals surface area contributed by atoms with Crippen molar-refractivity contribution in [2.45, 2.75) is 6.10 Å². The van der Waals surface area contributed by atoms with Crippen LogP contribution in [0.15, 0.2) is 18.2 Å². The molecule has 0 aromatic heterocycles. The van der Waals surface area contributed by atoms with Crippen molar-refractivity contribution in [2.75, 3.05) is 18.0 Å². The van der Waals surface area contributed by atoms with Gasteiger partial charge in [0.1, 0.15) is 17.7 Å². The minimum absolute atomic E-state index is 0.137. The van der Waals surface area contributed by atoms with Crippen molar-refractivity contribution in [3.8, 4) is 0 Å². The highest BCUT2D eigenvalue weighted by Crippen LogP contribution is 2.23. The molecule has 0 saturated carbocycles. The van der Waals surface area contributed by atoms with Gasteiger partial charge >= 0.3 is 6.09 Å². The first-order chi connectivity index (χ1) is 7.60. The van der Waals surface area contributed by atoms with Crippen LogP contribution in [0, 0.1) is 11.6 Å². The fraction of sp³-hybridized carbons (Fsp3) is 0.300. The van der Waals surface area contributed by atoms with Gasteiger partial charge in [-0.05, 0) is 12.1 Å². The van der Waals surface area contributed by atoms with Crippen LogP contribution in [0.5, 0.6) is 0 Å². The second kappa shape index (κ2) is 4.05. The molecular formula is C10H10F2N2O2. The summed E-state index contributed by atoms with van der Waals surface area (Å²) in [6.07, 6.45) is -1.07. The number of ether oxygens (including phenoxy) is 1. The standard InChI is InChI=1S/C10H10F2N2O2/c11-6-1-7(12)3-8(2-6)14-5-9(4-13)16-10(14)15/h1-3,9H,4-5,13H2. The van der Waals surface area contributed by atoms with E-state index in [1.807, 2.05) is 0 Å². The highest BCUT2D eigenvalue weighted by atomic mass is 19.1. The van der Waals surface area contributed by atoms with Crippen LogP contribution in [0.3, 0.4) is 0 Å². The van der Waals surface area contributed by atoms with Crippen molar-refractivity contribution >= 4 is 11.8 Å². The van der Waals surface area contributed by atoms with Crippen molar-refractivity contribution in [3.63, 3.8) is 0 Å². The first kappa shape index (κ1) is 10.8. The zero-order valence-electron chi connectivity index (χ0n) is 8.32. The molecule has 1 atom stereocenters. The van der Waals surface area contributed by atoms with Crippen molar-refractivity contribution in [1.29, 1.82) is 0 Å². The van der Waals surface area contributed by atoms with E-state index in [9.17, 15) is 13.6 Å². The number of benzene rings is 1. The second-order valence-corrected chi connectivity index (χ2v) is 3.48. The quantitative estimate of drug-likeness (QED) is 0.828. The van der Waals surface area contributed by atoms with Gasteiger partial charge in [-0.3, -0.25) is 4.90 Å². The van der Waals surface area contributed by atoms with Crippen LogP contribution in [0.2, 0.25) is 0 Å². The van der Waals surface area contributed by atoms with Crippen molar-refractivity contribution in [2.24, 2.45) is 5.73 Å². The molecule has 1 saturated heterocycles. The Morgan fingerprint density at radius 2 is 2.00 bits per heavy atom. The topological polar surface area (TPSA) is 55.6 Å². The van der Waals surface area contributed by atoms with E-state index in [2.05, 4.69) is 0 Å². The van der Waals surface area contributed by atoms with Crippen LogP contribution in [0.1, 0.15) is 0 Å². The molecule has 16 heavy (non-hydrogen) atoms. The van der Waals surface area contributed by atoms with Crippen molar-refractivity contribution < 1.29 is 18.3 Å². The Labute approximate surface area is 90.6 Å². The number of carbonyl (C=O) groups excluding carboxylic acids is 1. The Bertz CT molecular complexity index is 405. The maximum absolute atomic E-state index is 12.9. The molecule has 2 N–H and O–H groups in total. The Hall–Kier alpha value is -1.69. The van der Waals surface area contributed by atoms with Crippen LogP contribution >= 0.6 is 0 Å². The Morgan fingerprint density at radius 3 is 2.50 bits per heavy atom. The third-order valence-corrected chi connectivity index (χ3v) is 2.30. The average molecular weight is 228 g/mol. The van der Waals surface area contributed by atoms with Crippen LogP contribution < -0.4 is 10.6 Å². The highest BCUT2D eigenvalue weighted by Gasteiger charge is 2.31. The summed E-state index contributed by atoms with van der Waals surface area (Å²) < 4.78 is 30.8. The number of nitrogens with two attached hydrogens (primary N) is 1. The summed E-state index contributed by atoms with van der Waals surface area (Å²) in [6, 6.07) is 2.89. The minimum Gasteiger partial charge on any atom is -0.443 e. The zero-order chi connectivity index (χ0) is 11.7. The number of anilines is 1. The minimum atomic E-state index is -0.737. The number of amides is 1. The molecule has 4 nitrogen and oxygen atoms in total. The summed E-state index contributed by atoms with van der Waals surface area (Å²) in [5.74, 6) is -1.47. The van der Waals surface area contributed by atoms with Crippen LogP contribution in [0.25, 0.3) is 0 Å². The fourth-order valence-corrected chi connectivity index (χ4v) is 1.55. The van der Waals surface area contributed by atoms with E-state index in [1.54, 1.807) is 0 Å². The first-order valence-corrected chi connectivity index (χ1v) is 4.74. The lowest BCUT2D eigenvalue weighted by Crippen LogP contribution is -2.27. The van der Waals surface area contributed by atoms with Crippen LogP contribution in [-0.2, 0) is 4.74 Å². The molecule has 1 aromatic rings. The van der Waals surface area contributed by atoms with Gasteiger partial charge in [-0.2, -0.15) is 0 Å². The molecule has 0 radical (unpaired) electrons. The third kappa shape index (κ3) is 1.96. The number of carbonyl (C=O) groups is 1. The first-order valence-electron chi connectivity index (χ1n) is 4.74. The fourth-order valence-electron chi connectivity index (χ4n) is 1.55. The van der Waals surface area contributed by atoms with Crippen LogP contribution in [-0.4, -0.2) is 25.3 Å². The number of cyclic esters (lactones) is 1. The summed E-state index contributed by atoms with van der Waals surface area (Å²) in [5.41, 5.74) is 5.48. The summed E-state index contributed by atoms with van der Waals surface area (Å²) in [5, 5.41) is 0. The van der Waals surface area contributed by atoms with Crippen molar-refractivity contribution in [3.05, 3.63) is 29.8 Å². The predicted octanol–water partition coefficient (Wildman–Crippen LogP) is 1.25. The molecule has 2 rings (SSSR count). The van der Waals surface area contributed by atoms with Gasteiger partial charge in [0.25, 0.3) is 0 Å². The number of halogens is 2. The smallest absolute Gasteiger partial charge is 0.414 e. The van der Waals surface area contributed by atoms with Gasteiger partial charge in [-0.25, -0.2) is 13.6 Å². The Kier molecular flexibility index (Phi) is 2.74. The lowest BCUT2D eigenvalue weighted by atomic mass is 10.2. The average Bonchev–Trinajstić information content (AvgIpc) is 2.58. The molecule has 6 heteroatoms.